The Morgan fingerprint density at radius 2 is 2.22 bits per heavy atom. The Balaban J connectivity index is 2.06. The van der Waals surface area contributed by atoms with Gasteiger partial charge in [-0.05, 0) is 38.5 Å². The van der Waals surface area contributed by atoms with Gasteiger partial charge in [0.1, 0.15) is 0 Å². The zero-order valence-corrected chi connectivity index (χ0v) is 10.9. The van der Waals surface area contributed by atoms with E-state index in [1.165, 1.54) is 0 Å². The van der Waals surface area contributed by atoms with Crippen LogP contribution in [0.15, 0.2) is 4.52 Å². The van der Waals surface area contributed by atoms with Gasteiger partial charge in [0.15, 0.2) is 5.82 Å². The molecule has 1 amide bonds. The van der Waals surface area contributed by atoms with Crippen molar-refractivity contribution in [3.05, 3.63) is 5.82 Å². The fourth-order valence-corrected chi connectivity index (χ4v) is 2.42. The number of aromatic nitrogens is 2. The van der Waals surface area contributed by atoms with E-state index in [-0.39, 0.29) is 11.9 Å². The lowest BCUT2D eigenvalue weighted by Crippen LogP contribution is -2.44. The van der Waals surface area contributed by atoms with Crippen molar-refractivity contribution in [3.63, 3.8) is 0 Å². The number of carbonyl (C=O) groups is 1. The average molecular weight is 252 g/mol. The zero-order valence-electron chi connectivity index (χ0n) is 10.9. The summed E-state index contributed by atoms with van der Waals surface area (Å²) in [7, 11) is 0. The summed E-state index contributed by atoms with van der Waals surface area (Å²) in [6.07, 6.45) is 3.72. The second-order valence-electron chi connectivity index (χ2n) is 5.27. The summed E-state index contributed by atoms with van der Waals surface area (Å²) in [5.41, 5.74) is 5.34. The van der Waals surface area contributed by atoms with Crippen molar-refractivity contribution in [3.8, 4) is 0 Å². The van der Waals surface area contributed by atoms with E-state index in [1.54, 1.807) is 6.92 Å². The van der Waals surface area contributed by atoms with E-state index in [0.717, 1.165) is 25.7 Å². The predicted molar refractivity (Wildman–Crippen MR) is 66.8 cm³/mol. The Morgan fingerprint density at radius 3 is 2.72 bits per heavy atom. The van der Waals surface area contributed by atoms with E-state index in [9.17, 15) is 4.79 Å². The third-order valence-corrected chi connectivity index (χ3v) is 3.85. The summed E-state index contributed by atoms with van der Waals surface area (Å²) >= 11 is 0. The van der Waals surface area contributed by atoms with E-state index in [1.807, 2.05) is 0 Å². The highest BCUT2D eigenvalue weighted by molar-refractivity contribution is 5.93. The number of nitrogens with two attached hydrogens (primary N) is 1. The fraction of sp³-hybridized carbons (Fsp3) is 0.750. The standard InChI is InChI=1S/C12H20N4O2/c1-8-3-5-12(7-13,6-4-8)10(17)15-11-14-9(2)16-18-11/h8H,3-7,13H2,1-2H3,(H,14,15,16,17). The van der Waals surface area contributed by atoms with Crippen LogP contribution in [0.2, 0.25) is 0 Å². The third-order valence-electron chi connectivity index (χ3n) is 3.85. The second-order valence-corrected chi connectivity index (χ2v) is 5.27. The number of aryl methyl sites for hydroxylation is 1. The summed E-state index contributed by atoms with van der Waals surface area (Å²) in [6.45, 7) is 4.28. The Bertz CT molecular complexity index is 421. The lowest BCUT2D eigenvalue weighted by molar-refractivity contribution is -0.127. The van der Waals surface area contributed by atoms with Crippen LogP contribution in [0.3, 0.4) is 0 Å². The number of rotatable bonds is 3. The first-order valence-corrected chi connectivity index (χ1v) is 6.37. The first-order chi connectivity index (χ1) is 8.55. The van der Waals surface area contributed by atoms with Crippen LogP contribution in [0.4, 0.5) is 6.01 Å². The van der Waals surface area contributed by atoms with Crippen LogP contribution in [0.5, 0.6) is 0 Å². The molecule has 1 saturated carbocycles. The minimum absolute atomic E-state index is 0.0967. The summed E-state index contributed by atoms with van der Waals surface area (Å²) in [6, 6.07) is 0.156. The molecule has 1 fully saturated rings. The minimum atomic E-state index is -0.477. The van der Waals surface area contributed by atoms with Gasteiger partial charge in [0.25, 0.3) is 0 Å². The van der Waals surface area contributed by atoms with Crippen LogP contribution in [0, 0.1) is 18.3 Å². The van der Waals surface area contributed by atoms with Crippen molar-refractivity contribution in [1.29, 1.82) is 0 Å². The highest BCUT2D eigenvalue weighted by Crippen LogP contribution is 2.38. The number of carbonyl (C=O) groups excluding carboxylic acids is 1. The van der Waals surface area contributed by atoms with Gasteiger partial charge in [-0.2, -0.15) is 4.98 Å². The van der Waals surface area contributed by atoms with Gasteiger partial charge >= 0.3 is 6.01 Å². The summed E-state index contributed by atoms with van der Waals surface area (Å²) in [4.78, 5) is 16.3. The SMILES string of the molecule is Cc1noc(NC(=O)C2(CN)CCC(C)CC2)n1. The molecule has 1 aliphatic rings. The molecule has 1 aromatic heterocycles. The van der Waals surface area contributed by atoms with Crippen LogP contribution in [0.1, 0.15) is 38.4 Å². The van der Waals surface area contributed by atoms with Crippen LogP contribution < -0.4 is 11.1 Å². The molecular weight excluding hydrogens is 232 g/mol. The van der Waals surface area contributed by atoms with Gasteiger partial charge in [-0.3, -0.25) is 10.1 Å². The maximum Gasteiger partial charge on any atom is 0.328 e. The number of hydrogen-bond donors (Lipinski definition) is 2. The van der Waals surface area contributed by atoms with Crippen molar-refractivity contribution in [2.75, 3.05) is 11.9 Å². The molecule has 3 N–H and O–H groups in total. The van der Waals surface area contributed by atoms with Gasteiger partial charge < -0.3 is 10.3 Å². The van der Waals surface area contributed by atoms with Gasteiger partial charge in [-0.1, -0.05) is 12.1 Å². The zero-order chi connectivity index (χ0) is 13.2. The molecule has 6 heteroatoms. The molecule has 0 aromatic carbocycles. The maximum absolute atomic E-state index is 12.3. The molecule has 1 aliphatic carbocycles. The molecule has 0 unspecified atom stereocenters. The quantitative estimate of drug-likeness (QED) is 0.849. The van der Waals surface area contributed by atoms with E-state index in [2.05, 4.69) is 22.4 Å². The van der Waals surface area contributed by atoms with Crippen LogP contribution in [-0.2, 0) is 4.79 Å². The Morgan fingerprint density at radius 1 is 1.56 bits per heavy atom. The molecule has 1 aromatic rings. The smallest absolute Gasteiger partial charge is 0.328 e. The number of anilines is 1. The summed E-state index contributed by atoms with van der Waals surface area (Å²) in [5.74, 6) is 1.08. The lowest BCUT2D eigenvalue weighted by Gasteiger charge is -2.36. The van der Waals surface area contributed by atoms with Crippen molar-refractivity contribution >= 4 is 11.9 Å². The molecule has 0 bridgehead atoms. The topological polar surface area (TPSA) is 94.0 Å². The monoisotopic (exact) mass is 252 g/mol. The number of amides is 1. The van der Waals surface area contributed by atoms with Crippen LogP contribution in [-0.4, -0.2) is 22.6 Å². The summed E-state index contributed by atoms with van der Waals surface area (Å²) < 4.78 is 4.90. The van der Waals surface area contributed by atoms with Gasteiger partial charge in [-0.15, -0.1) is 0 Å². The first kappa shape index (κ1) is 13.0. The van der Waals surface area contributed by atoms with E-state index in [0.29, 0.717) is 18.3 Å². The third kappa shape index (κ3) is 2.53. The Labute approximate surface area is 106 Å². The van der Waals surface area contributed by atoms with Crippen molar-refractivity contribution < 1.29 is 9.32 Å². The molecule has 2 rings (SSSR count). The first-order valence-electron chi connectivity index (χ1n) is 6.37. The molecule has 6 nitrogen and oxygen atoms in total. The van der Waals surface area contributed by atoms with Gasteiger partial charge in [0, 0.05) is 6.54 Å². The molecule has 1 heterocycles. The number of hydrogen-bond acceptors (Lipinski definition) is 5. The largest absolute Gasteiger partial charge is 0.329 e. The highest BCUT2D eigenvalue weighted by Gasteiger charge is 2.40. The lowest BCUT2D eigenvalue weighted by atomic mass is 9.70. The second kappa shape index (κ2) is 5.06. The molecule has 0 spiro atoms. The maximum atomic E-state index is 12.3. The molecule has 18 heavy (non-hydrogen) atoms. The molecule has 100 valence electrons. The molecule has 0 radical (unpaired) electrons. The highest BCUT2D eigenvalue weighted by atomic mass is 16.5. The Hall–Kier alpha value is -1.43. The molecule has 0 aliphatic heterocycles. The Kier molecular flexibility index (Phi) is 3.65. The fourth-order valence-electron chi connectivity index (χ4n) is 2.42. The summed E-state index contributed by atoms with van der Waals surface area (Å²) in [5, 5.41) is 6.32. The van der Waals surface area contributed by atoms with E-state index in [4.69, 9.17) is 10.3 Å². The number of nitrogens with one attached hydrogen (secondary N) is 1. The molecule has 0 saturated heterocycles. The van der Waals surface area contributed by atoms with E-state index >= 15 is 0 Å². The van der Waals surface area contributed by atoms with Crippen molar-refractivity contribution in [2.45, 2.75) is 39.5 Å². The number of nitrogens with zero attached hydrogens (tertiary/aromatic N) is 2. The van der Waals surface area contributed by atoms with Crippen LogP contribution in [0.25, 0.3) is 0 Å². The predicted octanol–water partition coefficient (Wildman–Crippen LogP) is 1.47. The van der Waals surface area contributed by atoms with Crippen molar-refractivity contribution in [1.82, 2.24) is 10.1 Å². The van der Waals surface area contributed by atoms with Crippen molar-refractivity contribution in [2.24, 2.45) is 17.1 Å². The van der Waals surface area contributed by atoms with E-state index < -0.39 is 5.41 Å². The van der Waals surface area contributed by atoms with Gasteiger partial charge in [0.2, 0.25) is 5.91 Å². The van der Waals surface area contributed by atoms with Gasteiger partial charge in [-0.25, -0.2) is 0 Å². The molecular formula is C12H20N4O2. The average Bonchev–Trinajstić information content (AvgIpc) is 2.76. The molecule has 0 atom stereocenters. The normalized spacial score (nSPS) is 28.1. The van der Waals surface area contributed by atoms with Crippen LogP contribution >= 0.6 is 0 Å². The minimum Gasteiger partial charge on any atom is -0.329 e. The van der Waals surface area contributed by atoms with Gasteiger partial charge in [0.05, 0.1) is 5.41 Å².